The number of aliphatic hydroxyl groups is 1. The molecule has 0 aliphatic heterocycles. The minimum atomic E-state index is -0.157. The predicted octanol–water partition coefficient (Wildman–Crippen LogP) is 3.78. The van der Waals surface area contributed by atoms with E-state index in [0.29, 0.717) is 5.56 Å². The topological polar surface area (TPSA) is 40.5 Å². The zero-order valence-electron chi connectivity index (χ0n) is 10.2. The quantitative estimate of drug-likeness (QED) is 0.503. The SMILES string of the molecule is OCc1c(O)c2cccc3ccc4cccc1c4c32. The molecule has 19 heavy (non-hydrogen) atoms. The highest BCUT2D eigenvalue weighted by Crippen LogP contribution is 2.42. The van der Waals surface area contributed by atoms with E-state index in [1.165, 1.54) is 0 Å². The Morgan fingerprint density at radius 3 is 1.95 bits per heavy atom. The van der Waals surface area contributed by atoms with Gasteiger partial charge < -0.3 is 10.2 Å². The molecule has 2 N–H and O–H groups in total. The molecule has 0 amide bonds. The van der Waals surface area contributed by atoms with E-state index in [-0.39, 0.29) is 12.4 Å². The Morgan fingerprint density at radius 2 is 1.32 bits per heavy atom. The molecular formula is C17H12O2. The van der Waals surface area contributed by atoms with Crippen molar-refractivity contribution >= 4 is 32.3 Å². The lowest BCUT2D eigenvalue weighted by molar-refractivity contribution is 0.278. The van der Waals surface area contributed by atoms with E-state index < -0.39 is 0 Å². The van der Waals surface area contributed by atoms with Crippen LogP contribution in [0.1, 0.15) is 5.56 Å². The maximum absolute atomic E-state index is 10.4. The third kappa shape index (κ3) is 1.24. The average molecular weight is 248 g/mol. The number of aliphatic hydroxyl groups excluding tert-OH is 1. The van der Waals surface area contributed by atoms with Crippen LogP contribution < -0.4 is 0 Å². The molecule has 4 rings (SSSR count). The Hall–Kier alpha value is -2.32. The van der Waals surface area contributed by atoms with Crippen molar-refractivity contribution in [2.75, 3.05) is 0 Å². The van der Waals surface area contributed by atoms with Crippen LogP contribution in [0.5, 0.6) is 5.75 Å². The normalized spacial score (nSPS) is 11.8. The number of aromatic hydroxyl groups is 1. The van der Waals surface area contributed by atoms with Crippen LogP contribution in [-0.4, -0.2) is 10.2 Å². The van der Waals surface area contributed by atoms with Crippen molar-refractivity contribution in [2.24, 2.45) is 0 Å². The van der Waals surface area contributed by atoms with Crippen molar-refractivity contribution < 1.29 is 10.2 Å². The second-order valence-corrected chi connectivity index (χ2v) is 4.86. The van der Waals surface area contributed by atoms with Gasteiger partial charge in [-0.05, 0) is 21.5 Å². The monoisotopic (exact) mass is 248 g/mol. The first-order valence-corrected chi connectivity index (χ1v) is 6.29. The summed E-state index contributed by atoms with van der Waals surface area (Å²) in [5.74, 6) is 0.194. The van der Waals surface area contributed by atoms with Gasteiger partial charge in [-0.3, -0.25) is 0 Å². The molecule has 0 aliphatic carbocycles. The molecule has 4 aromatic rings. The van der Waals surface area contributed by atoms with Gasteiger partial charge in [-0.2, -0.15) is 0 Å². The standard InChI is InChI=1S/C17H12O2/c18-9-14-12-5-1-3-10-7-8-11-4-2-6-13(17(14)19)16(11)15(10)12/h1-8,18-19H,9H2. The van der Waals surface area contributed by atoms with E-state index in [9.17, 15) is 10.2 Å². The minimum absolute atomic E-state index is 0.157. The number of phenols is 1. The van der Waals surface area contributed by atoms with Crippen molar-refractivity contribution in [3.63, 3.8) is 0 Å². The Morgan fingerprint density at radius 1 is 0.737 bits per heavy atom. The Labute approximate surface area is 109 Å². The Bertz CT molecular complexity index is 909. The van der Waals surface area contributed by atoms with Gasteiger partial charge in [0, 0.05) is 16.3 Å². The average Bonchev–Trinajstić information content (AvgIpc) is 2.46. The first-order valence-electron chi connectivity index (χ1n) is 6.29. The number of benzene rings is 4. The molecule has 0 aromatic heterocycles. The molecular weight excluding hydrogens is 236 g/mol. The molecule has 2 nitrogen and oxygen atoms in total. The van der Waals surface area contributed by atoms with E-state index in [2.05, 4.69) is 18.2 Å². The summed E-state index contributed by atoms with van der Waals surface area (Å²) in [6.45, 7) is -0.157. The molecule has 0 spiro atoms. The third-order valence-electron chi connectivity index (χ3n) is 3.91. The molecule has 0 unspecified atom stereocenters. The van der Waals surface area contributed by atoms with Crippen molar-refractivity contribution in [3.05, 3.63) is 54.1 Å². The number of rotatable bonds is 1. The zero-order chi connectivity index (χ0) is 13.0. The summed E-state index contributed by atoms with van der Waals surface area (Å²) < 4.78 is 0. The van der Waals surface area contributed by atoms with Crippen molar-refractivity contribution in [3.8, 4) is 5.75 Å². The summed E-state index contributed by atoms with van der Waals surface area (Å²) >= 11 is 0. The van der Waals surface area contributed by atoms with Gasteiger partial charge in [0.2, 0.25) is 0 Å². The highest BCUT2D eigenvalue weighted by atomic mass is 16.3. The summed E-state index contributed by atoms with van der Waals surface area (Å²) in [6, 6.07) is 16.0. The Balaban J connectivity index is 2.46. The van der Waals surface area contributed by atoms with Crippen LogP contribution in [0.4, 0.5) is 0 Å². The molecule has 0 saturated heterocycles. The lowest BCUT2D eigenvalue weighted by Gasteiger charge is -2.15. The molecule has 0 saturated carbocycles. The van der Waals surface area contributed by atoms with E-state index in [1.54, 1.807) is 0 Å². The molecule has 0 bridgehead atoms. The molecule has 0 aliphatic rings. The molecule has 0 heterocycles. The van der Waals surface area contributed by atoms with Crippen LogP contribution >= 0.6 is 0 Å². The van der Waals surface area contributed by atoms with Gasteiger partial charge in [0.05, 0.1) is 6.61 Å². The van der Waals surface area contributed by atoms with Gasteiger partial charge in [-0.25, -0.2) is 0 Å². The molecule has 0 radical (unpaired) electrons. The second kappa shape index (κ2) is 3.59. The minimum Gasteiger partial charge on any atom is -0.507 e. The summed E-state index contributed by atoms with van der Waals surface area (Å²) in [5, 5.41) is 26.2. The van der Waals surface area contributed by atoms with Crippen LogP contribution in [0.2, 0.25) is 0 Å². The summed E-state index contributed by atoms with van der Waals surface area (Å²) in [4.78, 5) is 0. The fourth-order valence-corrected chi connectivity index (χ4v) is 3.05. The lowest BCUT2D eigenvalue weighted by Crippen LogP contribution is -1.92. The third-order valence-corrected chi connectivity index (χ3v) is 3.91. The molecule has 0 fully saturated rings. The van der Waals surface area contributed by atoms with Crippen molar-refractivity contribution in [2.45, 2.75) is 6.61 Å². The molecule has 2 heteroatoms. The zero-order valence-corrected chi connectivity index (χ0v) is 10.2. The van der Waals surface area contributed by atoms with Crippen LogP contribution in [-0.2, 0) is 6.61 Å². The largest absolute Gasteiger partial charge is 0.507 e. The van der Waals surface area contributed by atoms with Gasteiger partial charge >= 0.3 is 0 Å². The van der Waals surface area contributed by atoms with Crippen LogP contribution in [0.15, 0.2) is 48.5 Å². The highest BCUT2D eigenvalue weighted by Gasteiger charge is 2.15. The molecule has 0 atom stereocenters. The van der Waals surface area contributed by atoms with E-state index in [0.717, 1.165) is 32.3 Å². The summed E-state index contributed by atoms with van der Waals surface area (Å²) in [7, 11) is 0. The fourth-order valence-electron chi connectivity index (χ4n) is 3.05. The van der Waals surface area contributed by atoms with Crippen LogP contribution in [0, 0.1) is 0 Å². The predicted molar refractivity (Wildman–Crippen MR) is 77.7 cm³/mol. The smallest absolute Gasteiger partial charge is 0.129 e. The lowest BCUT2D eigenvalue weighted by atomic mass is 9.91. The van der Waals surface area contributed by atoms with Gasteiger partial charge in [0.25, 0.3) is 0 Å². The van der Waals surface area contributed by atoms with Crippen molar-refractivity contribution in [1.29, 1.82) is 0 Å². The maximum atomic E-state index is 10.4. The van der Waals surface area contributed by atoms with Crippen LogP contribution in [0.25, 0.3) is 32.3 Å². The summed E-state index contributed by atoms with van der Waals surface area (Å²) in [5.41, 5.74) is 0.608. The number of hydrogen-bond donors (Lipinski definition) is 2. The van der Waals surface area contributed by atoms with Gasteiger partial charge in [-0.1, -0.05) is 48.5 Å². The van der Waals surface area contributed by atoms with E-state index in [4.69, 9.17) is 0 Å². The van der Waals surface area contributed by atoms with Crippen molar-refractivity contribution in [1.82, 2.24) is 0 Å². The maximum Gasteiger partial charge on any atom is 0.129 e. The van der Waals surface area contributed by atoms with Gasteiger partial charge in [0.1, 0.15) is 5.75 Å². The molecule has 4 aromatic carbocycles. The van der Waals surface area contributed by atoms with E-state index >= 15 is 0 Å². The van der Waals surface area contributed by atoms with E-state index in [1.807, 2.05) is 30.3 Å². The summed E-state index contributed by atoms with van der Waals surface area (Å²) in [6.07, 6.45) is 0. The second-order valence-electron chi connectivity index (χ2n) is 4.86. The van der Waals surface area contributed by atoms with Crippen LogP contribution in [0.3, 0.4) is 0 Å². The Kier molecular flexibility index (Phi) is 2.00. The van der Waals surface area contributed by atoms with Gasteiger partial charge in [0.15, 0.2) is 0 Å². The molecule has 92 valence electrons. The first kappa shape index (κ1) is 10.6. The first-order chi connectivity index (χ1) is 9.31. The fraction of sp³-hybridized carbons (Fsp3) is 0.0588. The van der Waals surface area contributed by atoms with Gasteiger partial charge in [-0.15, -0.1) is 0 Å². The highest BCUT2D eigenvalue weighted by molar-refractivity contribution is 6.25. The number of hydrogen-bond acceptors (Lipinski definition) is 2.